The number of rotatable bonds is 4. The summed E-state index contributed by atoms with van der Waals surface area (Å²) in [5.41, 5.74) is 2.46. The highest BCUT2D eigenvalue weighted by Crippen LogP contribution is 2.21. The lowest BCUT2D eigenvalue weighted by atomic mass is 10.2. The van der Waals surface area contributed by atoms with Gasteiger partial charge in [-0.25, -0.2) is 10.8 Å². The molecule has 0 bridgehead atoms. The van der Waals surface area contributed by atoms with E-state index in [2.05, 4.69) is 20.7 Å². The minimum Gasteiger partial charge on any atom is -0.377 e. The predicted octanol–water partition coefficient (Wildman–Crippen LogP) is -0.754. The molecule has 2 aliphatic rings. The number of carbonyl (C=O) groups excluding carboxylic acids is 1. The summed E-state index contributed by atoms with van der Waals surface area (Å²) in [5.74, 6) is 6.42. The van der Waals surface area contributed by atoms with Gasteiger partial charge in [0.15, 0.2) is 5.82 Å². The Morgan fingerprint density at radius 1 is 1.45 bits per heavy atom. The molecule has 1 amide bonds. The van der Waals surface area contributed by atoms with E-state index in [9.17, 15) is 4.79 Å². The lowest BCUT2D eigenvalue weighted by Crippen LogP contribution is -2.54. The van der Waals surface area contributed by atoms with Crippen LogP contribution in [0.5, 0.6) is 0 Å². The summed E-state index contributed by atoms with van der Waals surface area (Å²) in [5, 5.41) is 3.00. The zero-order valence-corrected chi connectivity index (χ0v) is 11.1. The highest BCUT2D eigenvalue weighted by atomic mass is 16.5. The van der Waals surface area contributed by atoms with Crippen molar-refractivity contribution >= 4 is 17.5 Å². The number of anilines is 2. The molecule has 8 nitrogen and oxygen atoms in total. The molecular weight excluding hydrogens is 260 g/mol. The van der Waals surface area contributed by atoms with Crippen molar-refractivity contribution in [1.29, 1.82) is 0 Å². The van der Waals surface area contributed by atoms with Crippen LogP contribution >= 0.6 is 0 Å². The number of hydrogen-bond acceptors (Lipinski definition) is 7. The summed E-state index contributed by atoms with van der Waals surface area (Å²) >= 11 is 0. The van der Waals surface area contributed by atoms with Crippen LogP contribution in [-0.4, -0.2) is 47.7 Å². The van der Waals surface area contributed by atoms with Crippen molar-refractivity contribution in [3.05, 3.63) is 12.4 Å². The third-order valence-corrected chi connectivity index (χ3v) is 3.42. The van der Waals surface area contributed by atoms with Crippen molar-refractivity contribution in [1.82, 2.24) is 15.3 Å². The fourth-order valence-electron chi connectivity index (χ4n) is 2.18. The summed E-state index contributed by atoms with van der Waals surface area (Å²) in [6.07, 6.45) is 5.28. The van der Waals surface area contributed by atoms with E-state index in [0.29, 0.717) is 37.4 Å². The Balaban J connectivity index is 1.77. The SMILES string of the molecule is NNc1cncc(N2CCOCC2C(=O)NC2CC2)n1. The monoisotopic (exact) mass is 278 g/mol. The Bertz CT molecular complexity index is 493. The summed E-state index contributed by atoms with van der Waals surface area (Å²) in [6, 6.07) is -0.0407. The van der Waals surface area contributed by atoms with Gasteiger partial charge in [0.2, 0.25) is 5.91 Å². The topological polar surface area (TPSA) is 105 Å². The summed E-state index contributed by atoms with van der Waals surface area (Å²) in [7, 11) is 0. The minimum atomic E-state index is -0.369. The minimum absolute atomic E-state index is 0.0138. The van der Waals surface area contributed by atoms with Gasteiger partial charge in [-0.2, -0.15) is 0 Å². The molecule has 1 aromatic rings. The van der Waals surface area contributed by atoms with Gasteiger partial charge in [0.1, 0.15) is 11.9 Å². The molecule has 20 heavy (non-hydrogen) atoms. The Morgan fingerprint density at radius 2 is 2.30 bits per heavy atom. The van der Waals surface area contributed by atoms with Gasteiger partial charge in [-0.15, -0.1) is 0 Å². The number of aromatic nitrogens is 2. The van der Waals surface area contributed by atoms with Crippen molar-refractivity contribution < 1.29 is 9.53 Å². The second-order valence-corrected chi connectivity index (χ2v) is 4.97. The second kappa shape index (κ2) is 5.59. The van der Waals surface area contributed by atoms with E-state index >= 15 is 0 Å². The molecule has 1 aromatic heterocycles. The van der Waals surface area contributed by atoms with Crippen LogP contribution in [0, 0.1) is 0 Å². The van der Waals surface area contributed by atoms with E-state index in [1.807, 2.05) is 4.90 Å². The molecule has 3 rings (SSSR count). The number of nitrogens with zero attached hydrogens (tertiary/aromatic N) is 3. The summed E-state index contributed by atoms with van der Waals surface area (Å²) in [4.78, 5) is 22.6. The lowest BCUT2D eigenvalue weighted by Gasteiger charge is -2.35. The standard InChI is InChI=1S/C12H18N6O2/c13-17-10-5-14-6-11(16-10)18-3-4-20-7-9(18)12(19)15-8-1-2-8/h5-6,8-9H,1-4,7,13H2,(H,15,19)(H,16,17). The van der Waals surface area contributed by atoms with Crippen LogP contribution in [0.1, 0.15) is 12.8 Å². The molecule has 0 aromatic carbocycles. The van der Waals surface area contributed by atoms with Gasteiger partial charge in [0, 0.05) is 12.6 Å². The molecule has 4 N–H and O–H groups in total. The first-order chi connectivity index (χ1) is 9.78. The van der Waals surface area contributed by atoms with Gasteiger partial charge in [-0.3, -0.25) is 9.78 Å². The highest BCUT2D eigenvalue weighted by molar-refractivity contribution is 5.85. The van der Waals surface area contributed by atoms with Crippen molar-refractivity contribution in [3.8, 4) is 0 Å². The number of ether oxygens (including phenoxy) is 1. The van der Waals surface area contributed by atoms with E-state index in [0.717, 1.165) is 12.8 Å². The maximum Gasteiger partial charge on any atom is 0.245 e. The van der Waals surface area contributed by atoms with Gasteiger partial charge in [-0.05, 0) is 12.8 Å². The van der Waals surface area contributed by atoms with E-state index in [-0.39, 0.29) is 11.9 Å². The summed E-state index contributed by atoms with van der Waals surface area (Å²) in [6.45, 7) is 1.53. The zero-order valence-electron chi connectivity index (χ0n) is 11.1. The normalized spacial score (nSPS) is 22.4. The lowest BCUT2D eigenvalue weighted by molar-refractivity contribution is -0.124. The molecule has 2 heterocycles. The number of hydrazine groups is 1. The smallest absolute Gasteiger partial charge is 0.245 e. The fraction of sp³-hybridized carbons (Fsp3) is 0.583. The summed E-state index contributed by atoms with van der Waals surface area (Å²) < 4.78 is 5.42. The highest BCUT2D eigenvalue weighted by Gasteiger charge is 2.34. The molecule has 0 spiro atoms. The second-order valence-electron chi connectivity index (χ2n) is 4.97. The molecule has 1 aliphatic carbocycles. The molecule has 1 saturated carbocycles. The number of nitrogens with one attached hydrogen (secondary N) is 2. The number of morpholine rings is 1. The third-order valence-electron chi connectivity index (χ3n) is 3.42. The van der Waals surface area contributed by atoms with E-state index in [1.54, 1.807) is 6.20 Å². The molecular formula is C12H18N6O2. The molecule has 1 unspecified atom stereocenters. The fourth-order valence-corrected chi connectivity index (χ4v) is 2.18. The van der Waals surface area contributed by atoms with Gasteiger partial charge in [0.05, 0.1) is 25.6 Å². The van der Waals surface area contributed by atoms with Gasteiger partial charge < -0.3 is 20.4 Å². The predicted molar refractivity (Wildman–Crippen MR) is 73.0 cm³/mol. The number of nitrogen functional groups attached to an aromatic ring is 1. The molecule has 2 fully saturated rings. The maximum absolute atomic E-state index is 12.3. The van der Waals surface area contributed by atoms with Crippen molar-refractivity contribution in [2.24, 2.45) is 5.84 Å². The van der Waals surface area contributed by atoms with Crippen molar-refractivity contribution in [2.75, 3.05) is 30.1 Å². The molecule has 0 radical (unpaired) electrons. The molecule has 1 saturated heterocycles. The van der Waals surface area contributed by atoms with Crippen LogP contribution in [0.4, 0.5) is 11.6 Å². The Hall–Kier alpha value is -1.93. The van der Waals surface area contributed by atoms with Gasteiger partial charge >= 0.3 is 0 Å². The third kappa shape index (κ3) is 2.81. The molecule has 8 heteroatoms. The van der Waals surface area contributed by atoms with Crippen LogP contribution < -0.4 is 21.5 Å². The van der Waals surface area contributed by atoms with Crippen LogP contribution in [0.2, 0.25) is 0 Å². The number of hydrogen-bond donors (Lipinski definition) is 3. The molecule has 1 aliphatic heterocycles. The Morgan fingerprint density at radius 3 is 3.05 bits per heavy atom. The average Bonchev–Trinajstić information content (AvgIpc) is 3.31. The van der Waals surface area contributed by atoms with Crippen LogP contribution in [0.3, 0.4) is 0 Å². The number of carbonyl (C=O) groups is 1. The van der Waals surface area contributed by atoms with Crippen molar-refractivity contribution in [3.63, 3.8) is 0 Å². The Kier molecular flexibility index (Phi) is 3.66. The maximum atomic E-state index is 12.3. The molecule has 1 atom stereocenters. The van der Waals surface area contributed by atoms with E-state index in [4.69, 9.17) is 10.6 Å². The number of amides is 1. The van der Waals surface area contributed by atoms with Crippen LogP contribution in [0.25, 0.3) is 0 Å². The first-order valence-corrected chi connectivity index (χ1v) is 6.71. The molecule has 108 valence electrons. The number of nitrogens with two attached hydrogens (primary N) is 1. The average molecular weight is 278 g/mol. The van der Waals surface area contributed by atoms with E-state index < -0.39 is 0 Å². The zero-order chi connectivity index (χ0) is 13.9. The first kappa shape index (κ1) is 13.1. The van der Waals surface area contributed by atoms with E-state index in [1.165, 1.54) is 6.20 Å². The Labute approximate surface area is 116 Å². The largest absolute Gasteiger partial charge is 0.377 e. The van der Waals surface area contributed by atoms with Crippen LogP contribution in [0.15, 0.2) is 12.4 Å². The first-order valence-electron chi connectivity index (χ1n) is 6.71. The van der Waals surface area contributed by atoms with Crippen LogP contribution in [-0.2, 0) is 9.53 Å². The van der Waals surface area contributed by atoms with Crippen molar-refractivity contribution in [2.45, 2.75) is 24.9 Å². The van der Waals surface area contributed by atoms with Gasteiger partial charge in [0.25, 0.3) is 0 Å². The van der Waals surface area contributed by atoms with Gasteiger partial charge in [-0.1, -0.05) is 0 Å². The quantitative estimate of drug-likeness (QED) is 0.491.